The quantitative estimate of drug-likeness (QED) is 0.366. The molecule has 3 rings (SSSR count). The number of aromatic nitrogens is 2. The summed E-state index contributed by atoms with van der Waals surface area (Å²) in [5, 5.41) is 4.50. The molecule has 0 spiro atoms. The predicted molar refractivity (Wildman–Crippen MR) is 71.4 cm³/mol. The Morgan fingerprint density at radius 3 is 1.88 bits per heavy atom. The van der Waals surface area contributed by atoms with Crippen LogP contribution in [0.25, 0.3) is 16.8 Å². The molecule has 0 saturated carbocycles. The van der Waals surface area contributed by atoms with Gasteiger partial charge in [0.2, 0.25) is 0 Å². The third kappa shape index (κ3) is 10.3. The molecule has 0 atom stereocenters. The van der Waals surface area contributed by atoms with Crippen LogP contribution in [0.4, 0.5) is 0 Å². The summed E-state index contributed by atoms with van der Waals surface area (Å²) in [6.07, 6.45) is 3.31. The van der Waals surface area contributed by atoms with Crippen LogP contribution in [-0.4, -0.2) is 9.78 Å². The van der Waals surface area contributed by atoms with Crippen molar-refractivity contribution in [3.8, 4) is 16.8 Å². The molecule has 0 aliphatic rings. The molecule has 0 aliphatic carbocycles. The molecule has 1 aromatic heterocycles. The molecule has 0 amide bonds. The van der Waals surface area contributed by atoms with Crippen LogP contribution in [0.15, 0.2) is 54.6 Å². The standard InChI is InChI=1S/C16H12N2.6Y/c1-13-16(14-8-4-2-5-9-14)12-18(17-13)15-10-6-3-7-11-15;;;;;;/h2,4-11H,1H3;;;;;;/q-2;;;;;;. The van der Waals surface area contributed by atoms with Crippen LogP contribution >= 0.6 is 0 Å². The van der Waals surface area contributed by atoms with Gasteiger partial charge in [-0.05, 0) is 11.9 Å². The molecule has 0 aliphatic heterocycles. The SMILES string of the molecule is Cc1nn(-c2cc[c-]cc2)[c-]c1-c1ccccc1.[Y].[Y].[Y].[Y].[Y].[Y]. The van der Waals surface area contributed by atoms with E-state index in [2.05, 4.69) is 29.5 Å². The third-order valence-corrected chi connectivity index (χ3v) is 2.84. The minimum Gasteiger partial charge on any atom is -0.352 e. The summed E-state index contributed by atoms with van der Waals surface area (Å²) in [6, 6.07) is 20.9. The summed E-state index contributed by atoms with van der Waals surface area (Å²) in [5.74, 6) is 0. The maximum absolute atomic E-state index is 4.50. The van der Waals surface area contributed by atoms with E-state index in [4.69, 9.17) is 0 Å². The molecule has 0 saturated heterocycles. The Morgan fingerprint density at radius 2 is 1.33 bits per heavy atom. The van der Waals surface area contributed by atoms with Crippen molar-refractivity contribution in [1.82, 2.24) is 9.78 Å². The van der Waals surface area contributed by atoms with Gasteiger partial charge in [-0.1, -0.05) is 42.8 Å². The van der Waals surface area contributed by atoms with Crippen LogP contribution in [0, 0.1) is 19.2 Å². The zero-order chi connectivity index (χ0) is 12.4. The van der Waals surface area contributed by atoms with Crippen LogP contribution < -0.4 is 0 Å². The van der Waals surface area contributed by atoms with Gasteiger partial charge in [-0.25, -0.2) is 5.10 Å². The number of hydrogen-bond acceptors (Lipinski definition) is 1. The maximum Gasteiger partial charge on any atom is 0 e. The van der Waals surface area contributed by atoms with Gasteiger partial charge in [0.15, 0.2) is 0 Å². The average molecular weight is 766 g/mol. The van der Waals surface area contributed by atoms with Crippen LogP contribution in [0.3, 0.4) is 0 Å². The number of aryl methyl sites for hydroxylation is 1. The van der Waals surface area contributed by atoms with E-state index in [0.29, 0.717) is 0 Å². The van der Waals surface area contributed by atoms with E-state index in [1.807, 2.05) is 49.4 Å². The fourth-order valence-electron chi connectivity index (χ4n) is 1.93. The fraction of sp³-hybridized carbons (Fsp3) is 0.0625. The summed E-state index contributed by atoms with van der Waals surface area (Å²) in [6.45, 7) is 2.00. The summed E-state index contributed by atoms with van der Waals surface area (Å²) in [4.78, 5) is 0. The van der Waals surface area contributed by atoms with Crippen molar-refractivity contribution in [2.24, 2.45) is 0 Å². The molecule has 2 aromatic carbocycles. The molecule has 106 valence electrons. The van der Waals surface area contributed by atoms with Gasteiger partial charge in [-0.3, -0.25) is 0 Å². The number of benzene rings is 2. The van der Waals surface area contributed by atoms with E-state index in [1.54, 1.807) is 4.68 Å². The Hall–Kier alpha value is 4.27. The Balaban J connectivity index is -0.000000333. The van der Waals surface area contributed by atoms with E-state index in [1.165, 1.54) is 0 Å². The van der Waals surface area contributed by atoms with Crippen molar-refractivity contribution in [2.45, 2.75) is 6.92 Å². The molecule has 3 aromatic rings. The van der Waals surface area contributed by atoms with Crippen LogP contribution in [0.5, 0.6) is 0 Å². The van der Waals surface area contributed by atoms with E-state index in [0.717, 1.165) is 22.5 Å². The topological polar surface area (TPSA) is 17.8 Å². The molecular formula is C16H12N2Y6-2. The molecule has 0 unspecified atom stereocenters. The van der Waals surface area contributed by atoms with Crippen LogP contribution in [-0.2, 0) is 196 Å². The molecule has 8 heteroatoms. The van der Waals surface area contributed by atoms with Gasteiger partial charge in [-0.15, -0.1) is 11.3 Å². The van der Waals surface area contributed by atoms with Gasteiger partial charge in [0.25, 0.3) is 0 Å². The van der Waals surface area contributed by atoms with Gasteiger partial charge >= 0.3 is 0 Å². The number of rotatable bonds is 2. The third-order valence-electron chi connectivity index (χ3n) is 2.84. The van der Waals surface area contributed by atoms with E-state index >= 15 is 0 Å². The first kappa shape index (κ1) is 35.7. The van der Waals surface area contributed by atoms with Crippen molar-refractivity contribution < 1.29 is 196 Å². The van der Waals surface area contributed by atoms with Crippen molar-refractivity contribution in [3.05, 3.63) is 72.6 Å². The summed E-state index contributed by atoms with van der Waals surface area (Å²) in [7, 11) is 0. The molecule has 6 radical (unpaired) electrons. The molecule has 0 fully saturated rings. The van der Waals surface area contributed by atoms with E-state index < -0.39 is 0 Å². The Labute approximate surface area is 295 Å². The largest absolute Gasteiger partial charge is 0.352 e. The van der Waals surface area contributed by atoms with Gasteiger partial charge in [-0.2, -0.15) is 30.3 Å². The van der Waals surface area contributed by atoms with E-state index in [9.17, 15) is 0 Å². The molecule has 24 heavy (non-hydrogen) atoms. The molecule has 0 bridgehead atoms. The van der Waals surface area contributed by atoms with Crippen LogP contribution in [0.1, 0.15) is 5.69 Å². The normalized spacial score (nSPS) is 7.88. The maximum atomic E-state index is 4.50. The Kier molecular flexibility index (Phi) is 28.6. The smallest absolute Gasteiger partial charge is 0 e. The molecular weight excluding hydrogens is 754 g/mol. The van der Waals surface area contributed by atoms with Gasteiger partial charge in [0.1, 0.15) is 0 Å². The van der Waals surface area contributed by atoms with Crippen LogP contribution in [0.2, 0.25) is 0 Å². The van der Waals surface area contributed by atoms with Crippen molar-refractivity contribution >= 4 is 0 Å². The molecule has 1 heterocycles. The first-order chi connectivity index (χ1) is 8.84. The second-order valence-corrected chi connectivity index (χ2v) is 4.11. The second-order valence-electron chi connectivity index (χ2n) is 4.11. The summed E-state index contributed by atoms with van der Waals surface area (Å²) < 4.78 is 1.78. The number of hydrogen-bond donors (Lipinski definition) is 0. The summed E-state index contributed by atoms with van der Waals surface area (Å²) >= 11 is 0. The molecule has 0 N–H and O–H groups in total. The first-order valence-electron chi connectivity index (χ1n) is 5.85. The number of nitrogens with zero attached hydrogens (tertiary/aromatic N) is 2. The Bertz CT molecular complexity index is 659. The molecule has 2 nitrogen and oxygen atoms in total. The average Bonchev–Trinajstić information content (AvgIpc) is 2.83. The zero-order valence-corrected chi connectivity index (χ0v) is 30.6. The zero-order valence-electron chi connectivity index (χ0n) is 13.6. The minimum atomic E-state index is 0. The predicted octanol–water partition coefficient (Wildman–Crippen LogP) is 3.43. The second kappa shape index (κ2) is 19.2. The fourth-order valence-corrected chi connectivity index (χ4v) is 1.93. The van der Waals surface area contributed by atoms with Gasteiger partial charge in [0.05, 0.1) is 0 Å². The van der Waals surface area contributed by atoms with Crippen molar-refractivity contribution in [3.63, 3.8) is 0 Å². The van der Waals surface area contributed by atoms with Gasteiger partial charge < -0.3 is 4.68 Å². The Morgan fingerprint density at radius 1 is 0.792 bits per heavy atom. The van der Waals surface area contributed by atoms with Crippen molar-refractivity contribution in [2.75, 3.05) is 0 Å². The van der Waals surface area contributed by atoms with Crippen molar-refractivity contribution in [1.29, 1.82) is 0 Å². The summed E-state index contributed by atoms with van der Waals surface area (Å²) in [5.41, 5.74) is 4.17. The van der Waals surface area contributed by atoms with E-state index in [-0.39, 0.29) is 196 Å². The van der Waals surface area contributed by atoms with Gasteiger partial charge in [0, 0.05) is 196 Å². The first-order valence-corrected chi connectivity index (χ1v) is 5.85. The minimum absolute atomic E-state index is 0. The monoisotopic (exact) mass is 766 g/mol.